The molecule has 5 nitrogen and oxygen atoms in total. The molecule has 258 valence electrons. The molecule has 0 amide bonds. The van der Waals surface area contributed by atoms with E-state index in [4.69, 9.17) is 9.97 Å². The predicted octanol–water partition coefficient (Wildman–Crippen LogP) is 13.6. The molecule has 11 rings (SSSR count). The van der Waals surface area contributed by atoms with Gasteiger partial charge in [-0.25, -0.2) is 19.9 Å². The average Bonchev–Trinajstić information content (AvgIpc) is 3.89. The lowest BCUT2D eigenvalue weighted by molar-refractivity contribution is 1.29. The summed E-state index contributed by atoms with van der Waals surface area (Å²) < 4.78 is 0. The zero-order valence-electron chi connectivity index (χ0n) is 29.3. The van der Waals surface area contributed by atoms with E-state index in [-0.39, 0.29) is 0 Å². The molecule has 0 aliphatic heterocycles. The average molecular weight is 740 g/mol. The first kappa shape index (κ1) is 31.7. The maximum Gasteiger partial charge on any atom is 0.143 e. The Morgan fingerprint density at radius 2 is 0.836 bits per heavy atom. The van der Waals surface area contributed by atoms with Crippen LogP contribution in [0.4, 0.5) is 17.1 Å². The van der Waals surface area contributed by atoms with Gasteiger partial charge in [0, 0.05) is 40.6 Å². The second kappa shape index (κ2) is 13.0. The Bertz CT molecular complexity index is 3040. The molecule has 4 aromatic heterocycles. The first-order valence-corrected chi connectivity index (χ1v) is 19.7. The minimum atomic E-state index is 0.922. The van der Waals surface area contributed by atoms with E-state index in [0.717, 1.165) is 58.9 Å². The standard InChI is InChI=1S/C48H29N5S2/c1-2-6-33-27-34(10-9-30(33)5-1)35-17-23-41-36(28-35)11-12-37-29-40(22-24-42(37)41)53(38-18-13-31(14-19-38)45-51-43-7-3-25-49-47(43)54-45)39-20-15-32(16-21-39)46-52-44-8-4-26-50-48(44)55-46/h1-29H. The Morgan fingerprint density at radius 1 is 0.364 bits per heavy atom. The van der Waals surface area contributed by atoms with Crippen molar-refractivity contribution in [2.75, 3.05) is 4.90 Å². The van der Waals surface area contributed by atoms with E-state index in [1.165, 1.54) is 43.4 Å². The maximum atomic E-state index is 4.85. The second-order valence-electron chi connectivity index (χ2n) is 13.6. The zero-order valence-corrected chi connectivity index (χ0v) is 30.9. The van der Waals surface area contributed by atoms with Crippen LogP contribution in [-0.2, 0) is 0 Å². The van der Waals surface area contributed by atoms with Gasteiger partial charge in [0.1, 0.15) is 30.7 Å². The molecule has 7 aromatic carbocycles. The highest BCUT2D eigenvalue weighted by Crippen LogP contribution is 2.40. The number of rotatable bonds is 6. The number of thiazole rings is 2. The van der Waals surface area contributed by atoms with Crippen LogP contribution in [0.15, 0.2) is 176 Å². The molecule has 0 aliphatic carbocycles. The number of aromatic nitrogens is 4. The molecule has 0 atom stereocenters. The molecule has 0 unspecified atom stereocenters. The molecule has 0 N–H and O–H groups in total. The molecule has 0 spiro atoms. The van der Waals surface area contributed by atoms with E-state index in [1.807, 2.05) is 36.7 Å². The lowest BCUT2D eigenvalue weighted by atomic mass is 9.96. The van der Waals surface area contributed by atoms with Crippen molar-refractivity contribution in [1.29, 1.82) is 0 Å². The van der Waals surface area contributed by atoms with Crippen molar-refractivity contribution in [2.45, 2.75) is 0 Å². The van der Waals surface area contributed by atoms with Crippen LogP contribution in [0.2, 0.25) is 0 Å². The summed E-state index contributed by atoms with van der Waals surface area (Å²) in [6.07, 6.45) is 3.64. The molecule has 0 saturated carbocycles. The topological polar surface area (TPSA) is 54.8 Å². The van der Waals surface area contributed by atoms with E-state index < -0.39 is 0 Å². The van der Waals surface area contributed by atoms with Crippen molar-refractivity contribution in [1.82, 2.24) is 19.9 Å². The highest BCUT2D eigenvalue weighted by atomic mass is 32.1. The summed E-state index contributed by atoms with van der Waals surface area (Å²) in [5.41, 5.74) is 9.61. The van der Waals surface area contributed by atoms with Crippen LogP contribution in [0.5, 0.6) is 0 Å². The van der Waals surface area contributed by atoms with Gasteiger partial charge in [0.2, 0.25) is 0 Å². The molecular formula is C48H29N5S2. The van der Waals surface area contributed by atoms with Crippen LogP contribution in [0.25, 0.3) is 85.3 Å². The van der Waals surface area contributed by atoms with E-state index in [9.17, 15) is 0 Å². The quantitative estimate of drug-likeness (QED) is 0.159. The Hall–Kier alpha value is -6.80. The predicted molar refractivity (Wildman–Crippen MR) is 232 cm³/mol. The molecule has 11 aromatic rings. The number of nitrogens with zero attached hydrogens (tertiary/aromatic N) is 5. The van der Waals surface area contributed by atoms with Crippen LogP contribution in [0.1, 0.15) is 0 Å². The Morgan fingerprint density at radius 3 is 1.44 bits per heavy atom. The monoisotopic (exact) mass is 739 g/mol. The van der Waals surface area contributed by atoms with Crippen LogP contribution in [-0.4, -0.2) is 19.9 Å². The van der Waals surface area contributed by atoms with Crippen LogP contribution in [0, 0.1) is 0 Å². The number of fused-ring (bicyclic) bond motifs is 6. The van der Waals surface area contributed by atoms with Crippen molar-refractivity contribution < 1.29 is 0 Å². The van der Waals surface area contributed by atoms with Crippen molar-refractivity contribution in [3.05, 3.63) is 176 Å². The molecule has 0 aliphatic rings. The minimum absolute atomic E-state index is 0.922. The molecule has 4 heterocycles. The Labute approximate surface area is 324 Å². The number of anilines is 3. The third kappa shape index (κ3) is 5.69. The van der Waals surface area contributed by atoms with Crippen molar-refractivity contribution >= 4 is 92.7 Å². The SMILES string of the molecule is c1ccc2cc(-c3ccc4c(ccc5cc(N(c6ccc(-c7nc8cccnc8s7)cc6)c6ccc(-c7nc8cccnc8s7)cc6)ccc54)c3)ccc2c1. The number of pyridine rings is 2. The summed E-state index contributed by atoms with van der Waals surface area (Å²) in [4.78, 5) is 22.9. The summed E-state index contributed by atoms with van der Waals surface area (Å²) in [5, 5.41) is 9.31. The number of hydrogen-bond acceptors (Lipinski definition) is 7. The van der Waals surface area contributed by atoms with Gasteiger partial charge in [-0.3, -0.25) is 0 Å². The third-order valence-electron chi connectivity index (χ3n) is 10.2. The van der Waals surface area contributed by atoms with Gasteiger partial charge < -0.3 is 4.90 Å². The largest absolute Gasteiger partial charge is 0.310 e. The second-order valence-corrected chi connectivity index (χ2v) is 15.5. The first-order valence-electron chi connectivity index (χ1n) is 18.1. The van der Waals surface area contributed by atoms with Gasteiger partial charge in [-0.05, 0) is 141 Å². The molecule has 7 heteroatoms. The smallest absolute Gasteiger partial charge is 0.143 e. The van der Waals surface area contributed by atoms with E-state index in [1.54, 1.807) is 22.7 Å². The van der Waals surface area contributed by atoms with Gasteiger partial charge in [-0.1, -0.05) is 89.4 Å². The molecule has 0 radical (unpaired) electrons. The van der Waals surface area contributed by atoms with Crippen molar-refractivity contribution in [3.63, 3.8) is 0 Å². The molecule has 0 fully saturated rings. The van der Waals surface area contributed by atoms with E-state index in [0.29, 0.717) is 0 Å². The molecule has 0 bridgehead atoms. The van der Waals surface area contributed by atoms with Gasteiger partial charge >= 0.3 is 0 Å². The highest BCUT2D eigenvalue weighted by molar-refractivity contribution is 7.21. The van der Waals surface area contributed by atoms with Crippen molar-refractivity contribution in [2.24, 2.45) is 0 Å². The molecule has 55 heavy (non-hydrogen) atoms. The zero-order chi connectivity index (χ0) is 36.3. The van der Waals surface area contributed by atoms with E-state index in [2.05, 4.69) is 154 Å². The maximum absolute atomic E-state index is 4.85. The minimum Gasteiger partial charge on any atom is -0.310 e. The van der Waals surface area contributed by atoms with Gasteiger partial charge in [0.15, 0.2) is 0 Å². The van der Waals surface area contributed by atoms with Crippen LogP contribution >= 0.6 is 22.7 Å². The lowest BCUT2D eigenvalue weighted by Crippen LogP contribution is -2.09. The summed E-state index contributed by atoms with van der Waals surface area (Å²) in [5.74, 6) is 0. The van der Waals surface area contributed by atoms with Gasteiger partial charge in [0.25, 0.3) is 0 Å². The van der Waals surface area contributed by atoms with Gasteiger partial charge in [-0.2, -0.15) is 0 Å². The Balaban J connectivity index is 0.984. The summed E-state index contributed by atoms with van der Waals surface area (Å²) in [7, 11) is 0. The molecular weight excluding hydrogens is 711 g/mol. The third-order valence-corrected chi connectivity index (χ3v) is 12.3. The van der Waals surface area contributed by atoms with Crippen molar-refractivity contribution in [3.8, 4) is 32.3 Å². The van der Waals surface area contributed by atoms with Gasteiger partial charge in [-0.15, -0.1) is 0 Å². The number of benzene rings is 7. The fourth-order valence-corrected chi connectivity index (χ4v) is 9.31. The first-order chi connectivity index (χ1) is 27.2. The van der Waals surface area contributed by atoms with E-state index >= 15 is 0 Å². The normalized spacial score (nSPS) is 11.6. The fraction of sp³-hybridized carbons (Fsp3) is 0. The molecule has 0 saturated heterocycles. The Kier molecular flexibility index (Phi) is 7.46. The lowest BCUT2D eigenvalue weighted by Gasteiger charge is -2.26. The summed E-state index contributed by atoms with van der Waals surface area (Å²) in [6, 6.07) is 58.6. The summed E-state index contributed by atoms with van der Waals surface area (Å²) in [6.45, 7) is 0. The number of hydrogen-bond donors (Lipinski definition) is 0. The fourth-order valence-electron chi connectivity index (χ4n) is 7.49. The van der Waals surface area contributed by atoms with Crippen LogP contribution < -0.4 is 4.90 Å². The van der Waals surface area contributed by atoms with Crippen LogP contribution in [0.3, 0.4) is 0 Å². The highest BCUT2D eigenvalue weighted by Gasteiger charge is 2.17. The van der Waals surface area contributed by atoms with Gasteiger partial charge in [0.05, 0.1) is 0 Å². The summed E-state index contributed by atoms with van der Waals surface area (Å²) >= 11 is 3.23.